The van der Waals surface area contributed by atoms with E-state index in [9.17, 15) is 4.39 Å². The predicted octanol–water partition coefficient (Wildman–Crippen LogP) is 3.35. The quantitative estimate of drug-likeness (QED) is 0.760. The van der Waals surface area contributed by atoms with Gasteiger partial charge in [0.1, 0.15) is 5.82 Å². The zero-order valence-corrected chi connectivity index (χ0v) is 10.9. The molecule has 0 bridgehead atoms. The van der Waals surface area contributed by atoms with E-state index in [1.165, 1.54) is 0 Å². The van der Waals surface area contributed by atoms with Gasteiger partial charge in [0.15, 0.2) is 0 Å². The Bertz CT molecular complexity index is 350. The summed E-state index contributed by atoms with van der Waals surface area (Å²) in [5.41, 5.74) is 7.60. The van der Waals surface area contributed by atoms with Crippen molar-refractivity contribution in [2.75, 3.05) is 0 Å². The molecule has 16 heavy (non-hydrogen) atoms. The van der Waals surface area contributed by atoms with E-state index in [-0.39, 0.29) is 11.9 Å². The minimum atomic E-state index is -0.179. The molecule has 1 aromatic carbocycles. The summed E-state index contributed by atoms with van der Waals surface area (Å²) in [5.74, 6) is -0.179. The molecule has 2 N–H and O–H groups in total. The molecule has 0 aliphatic carbocycles. The third-order valence-electron chi connectivity index (χ3n) is 2.69. The summed E-state index contributed by atoms with van der Waals surface area (Å²) in [6.07, 6.45) is 3.70. The van der Waals surface area contributed by atoms with E-state index in [1.54, 1.807) is 0 Å². The fourth-order valence-electron chi connectivity index (χ4n) is 1.76. The molecule has 3 heteroatoms. The van der Waals surface area contributed by atoms with Crippen LogP contribution in [0.4, 0.5) is 4.39 Å². The fourth-order valence-corrected chi connectivity index (χ4v) is 2.07. The number of aryl methyl sites for hydroxylation is 2. The largest absolute Gasteiger partial charge is 0.328 e. The smallest absolute Gasteiger partial charge is 0.139 e. The molecule has 0 radical (unpaired) electrons. The average molecular weight is 241 g/mol. The highest BCUT2D eigenvalue weighted by Gasteiger charge is 2.07. The second-order valence-electron chi connectivity index (χ2n) is 4.31. The summed E-state index contributed by atoms with van der Waals surface area (Å²) in [4.78, 5) is 0.454. The molecule has 0 fully saturated rings. The molecule has 0 aromatic heterocycles. The topological polar surface area (TPSA) is 26.0 Å². The van der Waals surface area contributed by atoms with Gasteiger partial charge >= 0.3 is 0 Å². The Hall–Kier alpha value is -0.540. The number of hydrogen-bond acceptors (Lipinski definition) is 2. The molecule has 0 saturated heterocycles. The van der Waals surface area contributed by atoms with E-state index in [0.717, 1.165) is 30.4 Å². The number of rotatable bonds is 5. The molecular formula is C13H20FNS. The summed E-state index contributed by atoms with van der Waals surface area (Å²) in [5, 5.41) is 0. The van der Waals surface area contributed by atoms with Crippen LogP contribution in [0.5, 0.6) is 0 Å². The summed E-state index contributed by atoms with van der Waals surface area (Å²) in [6, 6.07) is 4.00. The van der Waals surface area contributed by atoms with Crippen molar-refractivity contribution < 1.29 is 4.39 Å². The van der Waals surface area contributed by atoms with Gasteiger partial charge in [0.2, 0.25) is 0 Å². The molecule has 0 unspecified atom stereocenters. The van der Waals surface area contributed by atoms with Crippen molar-refractivity contribution in [2.45, 2.75) is 50.5 Å². The van der Waals surface area contributed by atoms with Crippen molar-refractivity contribution in [3.05, 3.63) is 29.1 Å². The highest BCUT2D eigenvalue weighted by Crippen LogP contribution is 2.21. The van der Waals surface area contributed by atoms with Crippen LogP contribution in [-0.2, 0) is 12.8 Å². The summed E-state index contributed by atoms with van der Waals surface area (Å²) >= 11 is 4.15. The van der Waals surface area contributed by atoms with Gasteiger partial charge < -0.3 is 5.73 Å². The van der Waals surface area contributed by atoms with Crippen molar-refractivity contribution in [1.29, 1.82) is 0 Å². The third kappa shape index (κ3) is 3.80. The molecular weight excluding hydrogens is 221 g/mol. The first-order chi connectivity index (χ1) is 7.54. The normalized spacial score (nSPS) is 12.8. The number of nitrogens with two attached hydrogens (primary N) is 1. The zero-order chi connectivity index (χ0) is 12.1. The molecule has 90 valence electrons. The van der Waals surface area contributed by atoms with Crippen LogP contribution in [-0.4, -0.2) is 6.04 Å². The van der Waals surface area contributed by atoms with Gasteiger partial charge in [0, 0.05) is 10.9 Å². The first-order valence-electron chi connectivity index (χ1n) is 5.80. The third-order valence-corrected chi connectivity index (χ3v) is 3.02. The van der Waals surface area contributed by atoms with Crippen LogP contribution in [0.25, 0.3) is 0 Å². The molecule has 1 rings (SSSR count). The molecule has 0 aliphatic heterocycles. The van der Waals surface area contributed by atoms with Crippen molar-refractivity contribution in [3.8, 4) is 0 Å². The van der Waals surface area contributed by atoms with Gasteiger partial charge in [-0.25, -0.2) is 4.39 Å². The van der Waals surface area contributed by atoms with Crippen LogP contribution >= 0.6 is 12.6 Å². The SMILES string of the molecule is CCc1cc(CCC[C@H](C)N)cc(S)c1F. The van der Waals surface area contributed by atoms with E-state index in [2.05, 4.69) is 12.6 Å². The number of benzene rings is 1. The van der Waals surface area contributed by atoms with Crippen molar-refractivity contribution in [3.63, 3.8) is 0 Å². The van der Waals surface area contributed by atoms with E-state index < -0.39 is 0 Å². The van der Waals surface area contributed by atoms with Crippen LogP contribution in [0.3, 0.4) is 0 Å². The minimum Gasteiger partial charge on any atom is -0.328 e. The van der Waals surface area contributed by atoms with Crippen LogP contribution in [0.15, 0.2) is 17.0 Å². The monoisotopic (exact) mass is 241 g/mol. The van der Waals surface area contributed by atoms with Gasteiger partial charge in [-0.3, -0.25) is 0 Å². The second-order valence-corrected chi connectivity index (χ2v) is 4.79. The van der Waals surface area contributed by atoms with Gasteiger partial charge in [0.05, 0.1) is 0 Å². The summed E-state index contributed by atoms with van der Waals surface area (Å²) < 4.78 is 13.5. The van der Waals surface area contributed by atoms with Gasteiger partial charge in [0.25, 0.3) is 0 Å². The number of thiol groups is 1. The fraction of sp³-hybridized carbons (Fsp3) is 0.538. The van der Waals surface area contributed by atoms with Crippen molar-refractivity contribution in [2.24, 2.45) is 5.73 Å². The lowest BCUT2D eigenvalue weighted by molar-refractivity contribution is 0.583. The van der Waals surface area contributed by atoms with Gasteiger partial charge in [-0.1, -0.05) is 13.0 Å². The Labute approximate surface area is 103 Å². The Kier molecular flexibility index (Phi) is 5.29. The Morgan fingerprint density at radius 2 is 2.12 bits per heavy atom. The van der Waals surface area contributed by atoms with Gasteiger partial charge in [-0.15, -0.1) is 12.6 Å². The summed E-state index contributed by atoms with van der Waals surface area (Å²) in [7, 11) is 0. The predicted molar refractivity (Wildman–Crippen MR) is 69.6 cm³/mol. The molecule has 0 amide bonds. The van der Waals surface area contributed by atoms with Gasteiger partial charge in [-0.2, -0.15) is 0 Å². The van der Waals surface area contributed by atoms with E-state index in [0.29, 0.717) is 11.3 Å². The van der Waals surface area contributed by atoms with Crippen molar-refractivity contribution in [1.82, 2.24) is 0 Å². The Morgan fingerprint density at radius 1 is 1.44 bits per heavy atom. The van der Waals surface area contributed by atoms with Crippen LogP contribution in [0.2, 0.25) is 0 Å². The molecule has 1 atom stereocenters. The Balaban J connectivity index is 2.70. The van der Waals surface area contributed by atoms with Gasteiger partial charge in [-0.05, 0) is 49.8 Å². The molecule has 1 aromatic rings. The first kappa shape index (κ1) is 13.5. The lowest BCUT2D eigenvalue weighted by Crippen LogP contribution is -2.14. The molecule has 1 nitrogen and oxygen atoms in total. The molecule has 0 spiro atoms. The highest BCUT2D eigenvalue weighted by atomic mass is 32.1. The van der Waals surface area contributed by atoms with E-state index in [4.69, 9.17) is 5.73 Å². The molecule has 0 aliphatic rings. The number of hydrogen-bond donors (Lipinski definition) is 2. The maximum Gasteiger partial charge on any atom is 0.139 e. The maximum atomic E-state index is 13.5. The van der Waals surface area contributed by atoms with E-state index in [1.807, 2.05) is 26.0 Å². The average Bonchev–Trinajstić information content (AvgIpc) is 2.22. The highest BCUT2D eigenvalue weighted by molar-refractivity contribution is 7.80. The van der Waals surface area contributed by atoms with Crippen LogP contribution < -0.4 is 5.73 Å². The zero-order valence-electron chi connectivity index (χ0n) is 9.96. The summed E-state index contributed by atoms with van der Waals surface area (Å²) in [6.45, 7) is 3.96. The lowest BCUT2D eigenvalue weighted by atomic mass is 10.0. The first-order valence-corrected chi connectivity index (χ1v) is 6.25. The lowest BCUT2D eigenvalue weighted by Gasteiger charge is -2.09. The minimum absolute atomic E-state index is 0.179. The molecule has 0 saturated carbocycles. The standard InChI is InChI=1S/C13H20FNS/c1-3-11-7-10(6-4-5-9(2)15)8-12(16)13(11)14/h7-9,16H,3-6,15H2,1-2H3/t9-/m0/s1. The maximum absolute atomic E-state index is 13.5. The molecule has 0 heterocycles. The van der Waals surface area contributed by atoms with E-state index >= 15 is 0 Å². The second kappa shape index (κ2) is 6.26. The Morgan fingerprint density at radius 3 is 2.69 bits per heavy atom. The van der Waals surface area contributed by atoms with Crippen LogP contribution in [0.1, 0.15) is 37.8 Å². The number of halogens is 1. The van der Waals surface area contributed by atoms with Crippen molar-refractivity contribution >= 4 is 12.6 Å². The van der Waals surface area contributed by atoms with Crippen LogP contribution in [0, 0.1) is 5.82 Å².